The minimum atomic E-state index is -1.34. The number of nitrogens with two attached hydrogens (primary N) is 1. The molecular formula is C61H75FN12O7S. The maximum absolute atomic E-state index is 16.6. The van der Waals surface area contributed by atoms with Crippen LogP contribution in [0.3, 0.4) is 0 Å². The molecule has 2 unspecified atom stereocenters. The highest BCUT2D eigenvalue weighted by Crippen LogP contribution is 2.42. The summed E-state index contributed by atoms with van der Waals surface area (Å²) in [5.41, 5.74) is 13.0. The number of rotatable bonds is 17. The standard InChI is InChI=1S/C61H75FN12O7S/c1-36(2)56(60(78)73-33-44(75)26-51(73)59(77)66-37(3)39-9-11-40(12-10-39)57-38(4)65-35-82-57)53-30-54(69-81-53)71-23-18-61(62,19-24-71)34-70-21-16-45(17-22-70)79-46-27-47(28-46)80-55-25-41(15-20-64-55)74-42-13-14-43(74)32-72(31-42)50-29-49(67-68-58(50)63)48-7-5-6-8-52(48)76/h5-12,15,20,25,29-30,35-37,42-47,51,56,75-76H,13-14,16-19,21-24,26-28,31-34H2,1-4H3,(H2,63,68)(H,66,77)/t37-,42?,43?,44+,46-,47-,51-,56-/m0/s1. The molecule has 0 spiro atoms. The Balaban J connectivity index is 0.572. The van der Waals surface area contributed by atoms with Gasteiger partial charge in [-0.25, -0.2) is 14.4 Å². The van der Waals surface area contributed by atoms with Crippen LogP contribution >= 0.6 is 11.3 Å². The van der Waals surface area contributed by atoms with Crippen molar-refractivity contribution < 1.29 is 38.2 Å². The number of fused-ring (bicyclic) bond motifs is 2. The van der Waals surface area contributed by atoms with Crippen LogP contribution in [0.25, 0.3) is 21.7 Å². The number of ether oxygens (including phenoxy) is 2. The second kappa shape index (κ2) is 23.4. The molecule has 9 heterocycles. The van der Waals surface area contributed by atoms with E-state index in [9.17, 15) is 19.8 Å². The number of pyridine rings is 1. The number of aromatic nitrogens is 5. The number of piperidine rings is 2. The highest BCUT2D eigenvalue weighted by Gasteiger charge is 2.46. The van der Waals surface area contributed by atoms with Gasteiger partial charge in [-0.1, -0.05) is 55.4 Å². The molecule has 2 aromatic carbocycles. The SMILES string of the molecule is Cc1ncsc1-c1ccc([C@H](C)NC(=O)[C@@H]2C[C@@H](O)CN2C(=O)[C@H](c2cc(N3CCC(F)(CN4CCC(O[C@H]5C[C@H](Oc6cc(N7C8CCC7CN(c7cc(-c9ccccc9O)nnc7N)C8)ccn6)C5)CC4)CC3)no2)C(C)C)cc1. The number of amides is 2. The molecule has 82 heavy (non-hydrogen) atoms. The number of aliphatic hydroxyl groups is 1. The van der Waals surface area contributed by atoms with Crippen molar-refractivity contribution in [1.29, 1.82) is 0 Å². The van der Waals surface area contributed by atoms with Crippen LogP contribution in [0.4, 0.5) is 27.4 Å². The van der Waals surface area contributed by atoms with Gasteiger partial charge < -0.3 is 54.9 Å². The van der Waals surface area contributed by atoms with Crippen molar-refractivity contribution >= 4 is 46.2 Å². The van der Waals surface area contributed by atoms with Crippen LogP contribution in [0.2, 0.25) is 0 Å². The summed E-state index contributed by atoms with van der Waals surface area (Å²) >= 11 is 1.59. The first-order valence-electron chi connectivity index (χ1n) is 29.3. The van der Waals surface area contributed by atoms with Gasteiger partial charge in [-0.05, 0) is 80.8 Å². The number of halogens is 1. The molecular weight excluding hydrogens is 1060 g/mol. The van der Waals surface area contributed by atoms with Crippen molar-refractivity contribution in [1.82, 2.24) is 40.4 Å². The van der Waals surface area contributed by atoms with Gasteiger partial charge in [0.15, 0.2) is 17.4 Å². The van der Waals surface area contributed by atoms with E-state index in [1.54, 1.807) is 29.5 Å². The first kappa shape index (κ1) is 55.6. The average molecular weight is 1140 g/mol. The summed E-state index contributed by atoms with van der Waals surface area (Å²) < 4.78 is 35.5. The molecule has 5 saturated heterocycles. The van der Waals surface area contributed by atoms with Gasteiger partial charge >= 0.3 is 0 Å². The molecule has 5 N–H and O–H groups in total. The lowest BCUT2D eigenvalue weighted by Gasteiger charge is -2.44. The molecule has 12 rings (SSSR count). The van der Waals surface area contributed by atoms with Crippen molar-refractivity contribution in [3.05, 3.63) is 102 Å². The van der Waals surface area contributed by atoms with Gasteiger partial charge in [0.1, 0.15) is 29.5 Å². The fraction of sp³-hybridized carbons (Fsp3) is 0.525. The topological polar surface area (TPSA) is 225 Å². The molecule has 1 aliphatic carbocycles. The van der Waals surface area contributed by atoms with Crippen LogP contribution < -0.4 is 30.5 Å². The summed E-state index contributed by atoms with van der Waals surface area (Å²) in [5.74, 6) is 0.556. The summed E-state index contributed by atoms with van der Waals surface area (Å²) in [6.07, 6.45) is 7.54. The molecule has 19 nitrogen and oxygen atoms in total. The van der Waals surface area contributed by atoms with Gasteiger partial charge in [0.05, 0.1) is 51.8 Å². The van der Waals surface area contributed by atoms with Crippen LogP contribution in [0, 0.1) is 12.8 Å². The predicted molar refractivity (Wildman–Crippen MR) is 312 cm³/mol. The van der Waals surface area contributed by atoms with E-state index in [2.05, 4.69) is 57.5 Å². The third-order valence-electron chi connectivity index (χ3n) is 18.0. The number of benzene rings is 2. The van der Waals surface area contributed by atoms with Crippen molar-refractivity contribution in [3.63, 3.8) is 0 Å². The number of aryl methyl sites for hydroxylation is 1. The Kier molecular flexibility index (Phi) is 15.8. The Bertz CT molecular complexity index is 3200. The number of nitrogens with zero attached hydrogens (tertiary/aromatic N) is 10. The highest BCUT2D eigenvalue weighted by molar-refractivity contribution is 7.13. The van der Waals surface area contributed by atoms with Crippen molar-refractivity contribution in [3.8, 4) is 33.3 Å². The van der Waals surface area contributed by atoms with Crippen LogP contribution in [-0.2, 0) is 14.3 Å². The van der Waals surface area contributed by atoms with Crippen LogP contribution in [0.15, 0.2) is 89.0 Å². The van der Waals surface area contributed by atoms with Crippen molar-refractivity contribution in [2.75, 3.05) is 72.8 Å². The second-order valence-electron chi connectivity index (χ2n) is 24.0. The van der Waals surface area contributed by atoms with Gasteiger partial charge in [-0.2, -0.15) is 0 Å². The second-order valence-corrected chi connectivity index (χ2v) is 24.8. The number of nitrogens with one attached hydrogen (secondary N) is 1. The fourth-order valence-electron chi connectivity index (χ4n) is 13.4. The Morgan fingerprint density at radius 1 is 0.878 bits per heavy atom. The maximum Gasteiger partial charge on any atom is 0.243 e. The fourth-order valence-corrected chi connectivity index (χ4v) is 14.2. The van der Waals surface area contributed by atoms with Gasteiger partial charge in [0.25, 0.3) is 0 Å². The number of nitrogen functional groups attached to an aromatic ring is 1. The molecule has 6 aliphatic rings. The first-order chi connectivity index (χ1) is 39.6. The lowest BCUT2D eigenvalue weighted by molar-refractivity contribution is -0.141. The number of anilines is 4. The summed E-state index contributed by atoms with van der Waals surface area (Å²) in [7, 11) is 0. The van der Waals surface area contributed by atoms with Crippen molar-refractivity contribution in [2.45, 2.75) is 146 Å². The number of alkyl halides is 1. The Labute approximate surface area is 482 Å². The van der Waals surface area contributed by atoms with E-state index in [0.717, 1.165) is 97.8 Å². The maximum atomic E-state index is 16.6. The number of thiazole rings is 1. The zero-order valence-corrected chi connectivity index (χ0v) is 48.0. The van der Waals surface area contributed by atoms with Crippen LogP contribution in [-0.4, -0.2) is 158 Å². The zero-order valence-electron chi connectivity index (χ0n) is 47.1. The van der Waals surface area contributed by atoms with Gasteiger partial charge in [0, 0.05) is 126 Å². The molecule has 6 fully saturated rings. The number of aromatic hydroxyl groups is 1. The third kappa shape index (κ3) is 11.7. The summed E-state index contributed by atoms with van der Waals surface area (Å²) in [5, 5.41) is 37.3. The van der Waals surface area contributed by atoms with Gasteiger partial charge in [0.2, 0.25) is 17.7 Å². The predicted octanol–water partition coefficient (Wildman–Crippen LogP) is 8.08. The molecule has 6 aromatic rings. The lowest BCUT2D eigenvalue weighted by Crippen LogP contribution is -2.54. The number of piperazine rings is 1. The molecule has 5 aliphatic heterocycles. The number of carbonyl (C=O) groups excluding carboxylic acids is 2. The average Bonchev–Trinajstić information content (AvgIpc) is 4.17. The molecule has 2 amide bonds. The van der Waals surface area contributed by atoms with E-state index >= 15 is 4.39 Å². The number of hydrogen-bond donors (Lipinski definition) is 4. The number of para-hydroxylation sites is 1. The molecule has 2 bridgehead atoms. The number of aliphatic hydroxyl groups excluding tert-OH is 1. The van der Waals surface area contributed by atoms with E-state index in [1.165, 1.54) is 4.90 Å². The highest BCUT2D eigenvalue weighted by atomic mass is 32.1. The van der Waals surface area contributed by atoms with Crippen LogP contribution in [0.1, 0.15) is 108 Å². The number of hydrogen-bond acceptors (Lipinski definition) is 18. The monoisotopic (exact) mass is 1140 g/mol. The molecule has 6 atom stereocenters. The smallest absolute Gasteiger partial charge is 0.243 e. The molecule has 4 aromatic heterocycles. The number of phenols is 1. The number of phenolic OH excluding ortho intramolecular Hbond substituents is 1. The lowest BCUT2D eigenvalue weighted by atomic mass is 9.90. The minimum Gasteiger partial charge on any atom is -0.507 e. The van der Waals surface area contributed by atoms with Crippen LogP contribution in [0.5, 0.6) is 11.6 Å². The Morgan fingerprint density at radius 3 is 2.33 bits per heavy atom. The molecule has 21 heteroatoms. The van der Waals surface area contributed by atoms with Gasteiger partial charge in [-0.3, -0.25) is 14.5 Å². The quantitative estimate of drug-likeness (QED) is 0.0677. The van der Waals surface area contributed by atoms with E-state index in [4.69, 9.17) is 19.7 Å². The molecule has 0 radical (unpaired) electrons. The van der Waals surface area contributed by atoms with Gasteiger partial charge in [-0.15, -0.1) is 21.5 Å². The Morgan fingerprint density at radius 2 is 1.62 bits per heavy atom. The number of β-amino-alcohol motifs (C(OH)–C–C–N with tert-alkyl or cyclic N) is 1. The zero-order chi connectivity index (χ0) is 56.8. The van der Waals surface area contributed by atoms with Crippen molar-refractivity contribution in [2.24, 2.45) is 5.92 Å². The third-order valence-corrected chi connectivity index (χ3v) is 18.9. The Hall–Kier alpha value is -6.94. The van der Waals surface area contributed by atoms with E-state index in [0.29, 0.717) is 67.0 Å². The van der Waals surface area contributed by atoms with E-state index in [1.807, 2.05) is 86.8 Å². The summed E-state index contributed by atoms with van der Waals surface area (Å²) in [4.78, 5) is 48.9. The minimum absolute atomic E-state index is 0.0319. The van der Waals surface area contributed by atoms with E-state index in [-0.39, 0.29) is 72.9 Å². The summed E-state index contributed by atoms with van der Waals surface area (Å²) in [6.45, 7) is 12.2. The normalized spacial score (nSPS) is 24.6. The summed E-state index contributed by atoms with van der Waals surface area (Å²) in [6, 6.07) is 22.4. The number of carbonyl (C=O) groups is 2. The molecule has 1 saturated carbocycles. The molecule has 434 valence electrons. The first-order valence-corrected chi connectivity index (χ1v) is 30.1. The van der Waals surface area contributed by atoms with E-state index < -0.39 is 23.7 Å². The number of likely N-dealkylation sites (tertiary alicyclic amines) is 2. The largest absolute Gasteiger partial charge is 0.507 e.